The number of rotatable bonds is 7. The van der Waals surface area contributed by atoms with E-state index in [4.69, 9.17) is 4.42 Å². The topological polar surface area (TPSA) is 85.4 Å². The highest BCUT2D eigenvalue weighted by Crippen LogP contribution is 2.37. The molecule has 1 N–H and O–H groups in total. The predicted molar refractivity (Wildman–Crippen MR) is 153 cm³/mol. The Kier molecular flexibility index (Phi) is 8.26. The molecule has 4 aromatic rings. The maximum Gasteiger partial charge on any atom is 0.263 e. The molecule has 7 nitrogen and oxygen atoms in total. The number of alkyl halides is 4. The first-order valence-electron chi connectivity index (χ1n) is 12.2. The maximum atomic E-state index is 12.8. The average molecular weight is 659 g/mol. The van der Waals surface area contributed by atoms with Crippen LogP contribution < -0.4 is 10.2 Å². The quantitative estimate of drug-likeness (QED) is 0.219. The lowest BCUT2D eigenvalue weighted by Gasteiger charge is -2.35. The first kappa shape index (κ1) is 27.2. The van der Waals surface area contributed by atoms with Crippen LogP contribution in [0.5, 0.6) is 0 Å². The van der Waals surface area contributed by atoms with E-state index in [2.05, 4.69) is 58.0 Å². The summed E-state index contributed by atoms with van der Waals surface area (Å²) in [7, 11) is 0. The van der Waals surface area contributed by atoms with Crippen LogP contribution in [0, 0.1) is 11.3 Å². The molecular formula is C28H23Br2F2N5O2. The molecule has 1 aliphatic rings. The fourth-order valence-electron chi connectivity index (χ4n) is 4.50. The summed E-state index contributed by atoms with van der Waals surface area (Å²) < 4.78 is 31.4. The van der Waals surface area contributed by atoms with Gasteiger partial charge < -0.3 is 14.6 Å². The molecule has 1 aliphatic heterocycles. The van der Waals surface area contributed by atoms with E-state index in [0.717, 1.165) is 16.8 Å². The molecule has 0 radical (unpaired) electrons. The summed E-state index contributed by atoms with van der Waals surface area (Å²) in [6.45, 7) is 3.07. The molecule has 0 unspecified atom stereocenters. The number of anilines is 2. The zero-order valence-corrected chi connectivity index (χ0v) is 23.8. The van der Waals surface area contributed by atoms with Gasteiger partial charge in [0.2, 0.25) is 11.8 Å². The lowest BCUT2D eigenvalue weighted by Crippen LogP contribution is -2.48. The van der Waals surface area contributed by atoms with Crippen molar-refractivity contribution in [3.8, 4) is 17.5 Å². The van der Waals surface area contributed by atoms with Crippen molar-refractivity contribution >= 4 is 60.2 Å². The van der Waals surface area contributed by atoms with Crippen LogP contribution in [0.25, 0.3) is 22.6 Å². The number of hydrogen-bond acceptors (Lipinski definition) is 6. The molecule has 1 amide bonds. The smallest absolute Gasteiger partial charge is 0.263 e. The highest BCUT2D eigenvalue weighted by molar-refractivity contribution is 9.24. The number of aromatic nitrogens is 1. The second-order valence-corrected chi connectivity index (χ2v) is 12.2. The van der Waals surface area contributed by atoms with E-state index in [-0.39, 0.29) is 21.8 Å². The molecule has 11 heteroatoms. The number of nitrogens with one attached hydrogen (secondary N) is 1. The molecule has 0 bridgehead atoms. The first-order chi connectivity index (χ1) is 18.8. The van der Waals surface area contributed by atoms with Gasteiger partial charge in [0.15, 0.2) is 5.58 Å². The van der Waals surface area contributed by atoms with Gasteiger partial charge in [0.1, 0.15) is 5.52 Å². The average Bonchev–Trinajstić information content (AvgIpc) is 3.37. The fourth-order valence-corrected chi connectivity index (χ4v) is 5.18. The van der Waals surface area contributed by atoms with Crippen LogP contribution in [0.1, 0.15) is 26.9 Å². The van der Waals surface area contributed by atoms with E-state index in [9.17, 15) is 18.8 Å². The number of carbonyl (C=O) groups excluding carboxylic acids is 1. The van der Waals surface area contributed by atoms with E-state index in [1.807, 2.05) is 12.1 Å². The molecule has 1 aromatic heterocycles. The van der Waals surface area contributed by atoms with Crippen molar-refractivity contribution in [2.75, 3.05) is 42.9 Å². The summed E-state index contributed by atoms with van der Waals surface area (Å²) in [5, 5.41) is 12.2. The molecule has 5 rings (SSSR count). The van der Waals surface area contributed by atoms with Gasteiger partial charge in [-0.15, -0.1) is 0 Å². The van der Waals surface area contributed by atoms with Crippen molar-refractivity contribution in [1.29, 1.82) is 5.26 Å². The second kappa shape index (κ2) is 11.8. The van der Waals surface area contributed by atoms with Crippen LogP contribution in [-0.2, 0) is 4.79 Å². The lowest BCUT2D eigenvalue weighted by atomic mass is 10.1. The van der Waals surface area contributed by atoms with Gasteiger partial charge in [-0.05, 0) is 48.5 Å². The molecule has 3 aromatic carbocycles. The number of nitrogens with zero attached hydrogens (tertiary/aromatic N) is 4. The van der Waals surface area contributed by atoms with Crippen molar-refractivity contribution in [2.45, 2.75) is 10.2 Å². The molecule has 0 saturated carbocycles. The van der Waals surface area contributed by atoms with Gasteiger partial charge in [-0.25, -0.2) is 13.8 Å². The zero-order valence-electron chi connectivity index (χ0n) is 20.6. The van der Waals surface area contributed by atoms with Crippen molar-refractivity contribution in [3.05, 3.63) is 77.4 Å². The Bertz CT molecular complexity index is 1510. The van der Waals surface area contributed by atoms with Gasteiger partial charge in [-0.3, -0.25) is 9.69 Å². The Morgan fingerprint density at radius 3 is 2.36 bits per heavy atom. The summed E-state index contributed by atoms with van der Waals surface area (Å²) in [5.41, 5.74) is 4.76. The van der Waals surface area contributed by atoms with Crippen LogP contribution in [0.15, 0.2) is 65.1 Å². The number of piperazine rings is 1. The Hall–Kier alpha value is -3.33. The minimum absolute atomic E-state index is 0.0155. The van der Waals surface area contributed by atoms with Crippen LogP contribution in [0.2, 0.25) is 0 Å². The molecule has 39 heavy (non-hydrogen) atoms. The second-order valence-electron chi connectivity index (χ2n) is 9.13. The Labute approximate surface area is 240 Å². The van der Waals surface area contributed by atoms with E-state index in [0.29, 0.717) is 54.4 Å². The number of hydrogen-bond donors (Lipinski definition) is 1. The van der Waals surface area contributed by atoms with E-state index in [1.54, 1.807) is 36.4 Å². The van der Waals surface area contributed by atoms with Crippen LogP contribution in [-0.4, -0.2) is 48.5 Å². The van der Waals surface area contributed by atoms with Crippen molar-refractivity contribution in [1.82, 2.24) is 9.88 Å². The number of oxazole rings is 1. The zero-order chi connectivity index (χ0) is 27.5. The molecule has 200 valence electrons. The standard InChI is InChI=1S/C28H23Br2F2N5O2/c29-26(30)22-13-17(15-33)14-23-25(22)39-28(35-23)19-1-5-20(6-2-19)34-24(38)16-36-9-11-37(12-10-36)21-7-3-18(4-8-21)27(31)32/h1-8,13-14,26-27H,9-12,16H2,(H,34,38). The van der Waals surface area contributed by atoms with Crippen molar-refractivity contribution < 1.29 is 18.0 Å². The van der Waals surface area contributed by atoms with Gasteiger partial charge in [-0.2, -0.15) is 5.26 Å². The predicted octanol–water partition coefficient (Wildman–Crippen LogP) is 6.85. The highest BCUT2D eigenvalue weighted by Gasteiger charge is 2.20. The third-order valence-electron chi connectivity index (χ3n) is 6.55. The molecule has 1 saturated heterocycles. The summed E-state index contributed by atoms with van der Waals surface area (Å²) in [5.74, 6) is 0.301. The third-order valence-corrected chi connectivity index (χ3v) is 7.53. The fraction of sp³-hybridized carbons (Fsp3) is 0.250. The first-order valence-corrected chi connectivity index (χ1v) is 14.0. The van der Waals surface area contributed by atoms with Crippen molar-refractivity contribution in [2.24, 2.45) is 0 Å². The number of halogens is 4. The van der Waals surface area contributed by atoms with E-state index >= 15 is 0 Å². The van der Waals surface area contributed by atoms with Crippen LogP contribution >= 0.6 is 31.9 Å². The number of benzene rings is 3. The summed E-state index contributed by atoms with van der Waals surface area (Å²) >= 11 is 6.94. The monoisotopic (exact) mass is 657 g/mol. The van der Waals surface area contributed by atoms with Gasteiger partial charge in [0.25, 0.3) is 6.43 Å². The summed E-state index contributed by atoms with van der Waals surface area (Å²) in [6, 6.07) is 19.2. The van der Waals surface area contributed by atoms with Gasteiger partial charge in [0.05, 0.1) is 21.9 Å². The molecular weight excluding hydrogens is 636 g/mol. The molecule has 2 heterocycles. The minimum Gasteiger partial charge on any atom is -0.436 e. The van der Waals surface area contributed by atoms with Gasteiger partial charge >= 0.3 is 0 Å². The van der Waals surface area contributed by atoms with E-state index < -0.39 is 6.43 Å². The Morgan fingerprint density at radius 2 is 1.74 bits per heavy atom. The Balaban J connectivity index is 1.17. The number of carbonyl (C=O) groups is 1. The van der Waals surface area contributed by atoms with Gasteiger partial charge in [-0.1, -0.05) is 44.0 Å². The number of fused-ring (bicyclic) bond motifs is 1. The largest absolute Gasteiger partial charge is 0.436 e. The minimum atomic E-state index is -2.47. The van der Waals surface area contributed by atoms with Gasteiger partial charge in [0, 0.05) is 54.2 Å². The highest BCUT2D eigenvalue weighted by atomic mass is 79.9. The third kappa shape index (κ3) is 6.30. The lowest BCUT2D eigenvalue weighted by molar-refractivity contribution is -0.117. The van der Waals surface area contributed by atoms with Crippen LogP contribution in [0.3, 0.4) is 0 Å². The SMILES string of the molecule is N#Cc1cc(C(Br)Br)c2oc(-c3ccc(NC(=O)CN4CCN(c5ccc(C(F)F)cc5)CC4)cc3)nc2c1. The Morgan fingerprint density at radius 1 is 1.05 bits per heavy atom. The molecule has 0 atom stereocenters. The summed E-state index contributed by atoms with van der Waals surface area (Å²) in [6.07, 6.45) is -2.47. The number of nitriles is 1. The van der Waals surface area contributed by atoms with E-state index in [1.165, 1.54) is 12.1 Å². The molecule has 1 fully saturated rings. The molecule has 0 aliphatic carbocycles. The normalized spacial score (nSPS) is 14.2. The molecule has 0 spiro atoms. The maximum absolute atomic E-state index is 12.8. The van der Waals surface area contributed by atoms with Crippen LogP contribution in [0.4, 0.5) is 20.2 Å². The number of amides is 1. The summed E-state index contributed by atoms with van der Waals surface area (Å²) in [4.78, 5) is 21.4. The van der Waals surface area contributed by atoms with Crippen molar-refractivity contribution in [3.63, 3.8) is 0 Å².